The lowest BCUT2D eigenvalue weighted by atomic mass is 9.64. The average molecular weight is 310 g/mol. The van der Waals surface area contributed by atoms with Gasteiger partial charge in [0.2, 0.25) is 0 Å². The number of hydrogen-bond acceptors (Lipinski definition) is 2. The van der Waals surface area contributed by atoms with Crippen LogP contribution in [0.1, 0.15) is 47.0 Å². The van der Waals surface area contributed by atoms with E-state index < -0.39 is 5.41 Å². The Morgan fingerprint density at radius 1 is 1.30 bits per heavy atom. The first-order valence-corrected chi connectivity index (χ1v) is 8.49. The zero-order valence-corrected chi connectivity index (χ0v) is 14.7. The molecule has 1 saturated carbocycles. The predicted octanol–water partition coefficient (Wildman–Crippen LogP) is 4.59. The highest BCUT2D eigenvalue weighted by molar-refractivity contribution is 6.18. The smallest absolute Gasteiger partial charge is 0.184 e. The van der Waals surface area contributed by atoms with Crippen molar-refractivity contribution in [3.05, 3.63) is 47.1 Å². The van der Waals surface area contributed by atoms with E-state index >= 15 is 0 Å². The molecule has 0 aromatic rings. The summed E-state index contributed by atoms with van der Waals surface area (Å²) >= 11 is 0. The first-order valence-electron chi connectivity index (χ1n) is 8.49. The van der Waals surface area contributed by atoms with Crippen LogP contribution in [0, 0.1) is 23.2 Å². The van der Waals surface area contributed by atoms with Crippen LogP contribution < -0.4 is 0 Å². The fourth-order valence-electron chi connectivity index (χ4n) is 4.63. The third-order valence-electron chi connectivity index (χ3n) is 5.89. The van der Waals surface area contributed by atoms with Crippen molar-refractivity contribution in [1.82, 2.24) is 0 Å². The zero-order chi connectivity index (χ0) is 17.1. The Kier molecular flexibility index (Phi) is 3.62. The molecule has 0 radical (unpaired) electrons. The van der Waals surface area contributed by atoms with Gasteiger partial charge in [0, 0.05) is 22.5 Å². The maximum absolute atomic E-state index is 13.0. The summed E-state index contributed by atoms with van der Waals surface area (Å²) in [4.78, 5) is 25.9. The summed E-state index contributed by atoms with van der Waals surface area (Å²) in [5.41, 5.74) is 4.04. The van der Waals surface area contributed by atoms with E-state index in [1.54, 1.807) is 0 Å². The third-order valence-corrected chi connectivity index (χ3v) is 5.89. The molecule has 23 heavy (non-hydrogen) atoms. The number of allylic oxidation sites excluding steroid dienone is 6. The van der Waals surface area contributed by atoms with Gasteiger partial charge in [0.05, 0.1) is 0 Å². The van der Waals surface area contributed by atoms with E-state index in [2.05, 4.69) is 26.2 Å². The van der Waals surface area contributed by atoms with Gasteiger partial charge in [0.25, 0.3) is 0 Å². The topological polar surface area (TPSA) is 34.1 Å². The molecular formula is C21H26O2. The second-order valence-electron chi connectivity index (χ2n) is 8.17. The van der Waals surface area contributed by atoms with Gasteiger partial charge in [-0.25, -0.2) is 0 Å². The molecule has 0 aromatic heterocycles. The van der Waals surface area contributed by atoms with E-state index in [4.69, 9.17) is 0 Å². The molecule has 0 spiro atoms. The van der Waals surface area contributed by atoms with Gasteiger partial charge in [-0.2, -0.15) is 0 Å². The van der Waals surface area contributed by atoms with Crippen LogP contribution in [0.3, 0.4) is 0 Å². The molecule has 1 fully saturated rings. The Balaban J connectivity index is 2.21. The number of Topliss-reactive ketones (excluding diaryl/α,β-unsaturated/α-hetero) is 2. The maximum Gasteiger partial charge on any atom is 0.184 e. The van der Waals surface area contributed by atoms with Gasteiger partial charge in [0.15, 0.2) is 11.6 Å². The van der Waals surface area contributed by atoms with Gasteiger partial charge in [-0.3, -0.25) is 9.59 Å². The van der Waals surface area contributed by atoms with E-state index in [0.717, 1.165) is 40.7 Å². The molecule has 122 valence electrons. The highest BCUT2D eigenvalue weighted by Crippen LogP contribution is 2.53. The number of hydrogen-bond donors (Lipinski definition) is 0. The summed E-state index contributed by atoms with van der Waals surface area (Å²) in [6.07, 6.45) is 4.56. The Morgan fingerprint density at radius 2 is 1.96 bits per heavy atom. The van der Waals surface area contributed by atoms with Crippen molar-refractivity contribution in [1.29, 1.82) is 0 Å². The van der Waals surface area contributed by atoms with Gasteiger partial charge in [-0.05, 0) is 50.5 Å². The molecule has 0 aromatic carbocycles. The minimum atomic E-state index is -0.473. The van der Waals surface area contributed by atoms with E-state index in [0.29, 0.717) is 12.3 Å². The average Bonchev–Trinajstić information content (AvgIpc) is 2.62. The lowest BCUT2D eigenvalue weighted by Crippen LogP contribution is -2.33. The van der Waals surface area contributed by atoms with Crippen molar-refractivity contribution in [2.24, 2.45) is 23.2 Å². The van der Waals surface area contributed by atoms with Gasteiger partial charge in [0.1, 0.15) is 0 Å². The first-order chi connectivity index (χ1) is 10.6. The molecule has 3 aliphatic rings. The molecule has 0 aliphatic heterocycles. The van der Waals surface area contributed by atoms with E-state index in [-0.39, 0.29) is 23.4 Å². The minimum Gasteiger partial charge on any atom is -0.294 e. The van der Waals surface area contributed by atoms with Crippen LogP contribution in [-0.4, -0.2) is 11.6 Å². The molecule has 0 bridgehead atoms. The van der Waals surface area contributed by atoms with Crippen molar-refractivity contribution in [2.75, 3.05) is 0 Å². The fraction of sp³-hybridized carbons (Fsp3) is 0.524. The summed E-state index contributed by atoms with van der Waals surface area (Å²) in [6, 6.07) is 0. The van der Waals surface area contributed by atoms with Crippen LogP contribution in [-0.2, 0) is 9.59 Å². The van der Waals surface area contributed by atoms with E-state index in [1.807, 2.05) is 20.8 Å². The number of fused-ring (bicyclic) bond motifs is 2. The molecule has 3 aliphatic carbocycles. The Bertz CT molecular complexity index is 699. The molecule has 3 rings (SSSR count). The van der Waals surface area contributed by atoms with E-state index in [9.17, 15) is 9.59 Å². The van der Waals surface area contributed by atoms with Gasteiger partial charge >= 0.3 is 0 Å². The minimum absolute atomic E-state index is 0.0175. The molecular weight excluding hydrogens is 284 g/mol. The van der Waals surface area contributed by atoms with Crippen molar-refractivity contribution in [2.45, 2.75) is 47.0 Å². The molecule has 0 saturated heterocycles. The Hall–Kier alpha value is -1.70. The SMILES string of the molecule is C=C1CC[C@H](C(=C)C)[C@H]2C=C(C)C(=O)C3=C(C(=O)C(C)(C)C3)[C@H]12. The highest BCUT2D eigenvalue weighted by Gasteiger charge is 2.50. The standard InChI is InChI=1S/C21H26O2/c1-11(2)14-8-7-12(3)17-15(14)9-13(4)19(22)16-10-21(5,6)20(23)18(16)17/h9,14-15,17H,1,3,7-8,10H2,2,4-6H3/t14-,15-,17-/m1/s1. The lowest BCUT2D eigenvalue weighted by Gasteiger charge is -2.39. The molecule has 3 atom stereocenters. The van der Waals surface area contributed by atoms with Gasteiger partial charge in [-0.1, -0.05) is 44.2 Å². The Labute approximate surface area is 139 Å². The summed E-state index contributed by atoms with van der Waals surface area (Å²) in [5, 5.41) is 0. The third kappa shape index (κ3) is 2.31. The molecule has 0 N–H and O–H groups in total. The molecule has 2 heteroatoms. The summed E-state index contributed by atoms with van der Waals surface area (Å²) in [5.74, 6) is 0.639. The quantitative estimate of drug-likeness (QED) is 0.664. The van der Waals surface area contributed by atoms with Crippen molar-refractivity contribution in [3.63, 3.8) is 0 Å². The van der Waals surface area contributed by atoms with Crippen molar-refractivity contribution in [3.8, 4) is 0 Å². The van der Waals surface area contributed by atoms with Crippen LogP contribution >= 0.6 is 0 Å². The largest absolute Gasteiger partial charge is 0.294 e. The number of carbonyl (C=O) groups is 2. The normalized spacial score (nSPS) is 33.1. The molecule has 2 nitrogen and oxygen atoms in total. The maximum atomic E-state index is 13.0. The Morgan fingerprint density at radius 3 is 2.57 bits per heavy atom. The second-order valence-corrected chi connectivity index (χ2v) is 8.17. The van der Waals surface area contributed by atoms with Gasteiger partial charge < -0.3 is 0 Å². The zero-order valence-electron chi connectivity index (χ0n) is 14.7. The number of carbonyl (C=O) groups excluding carboxylic acids is 2. The van der Waals surface area contributed by atoms with Crippen molar-refractivity contribution >= 4 is 11.6 Å². The molecule has 0 heterocycles. The number of ketones is 2. The summed E-state index contributed by atoms with van der Waals surface area (Å²) in [7, 11) is 0. The number of rotatable bonds is 1. The molecule has 0 unspecified atom stereocenters. The highest BCUT2D eigenvalue weighted by atomic mass is 16.1. The second kappa shape index (κ2) is 5.15. The van der Waals surface area contributed by atoms with Crippen LogP contribution in [0.4, 0.5) is 0 Å². The lowest BCUT2D eigenvalue weighted by molar-refractivity contribution is -0.122. The van der Waals surface area contributed by atoms with E-state index in [1.165, 1.54) is 0 Å². The monoisotopic (exact) mass is 310 g/mol. The fourth-order valence-corrected chi connectivity index (χ4v) is 4.63. The van der Waals surface area contributed by atoms with Crippen LogP contribution in [0.25, 0.3) is 0 Å². The van der Waals surface area contributed by atoms with Crippen LogP contribution in [0.2, 0.25) is 0 Å². The van der Waals surface area contributed by atoms with Crippen molar-refractivity contribution < 1.29 is 9.59 Å². The summed E-state index contributed by atoms with van der Waals surface area (Å²) < 4.78 is 0. The van der Waals surface area contributed by atoms with Gasteiger partial charge in [-0.15, -0.1) is 0 Å². The molecule has 0 amide bonds. The first kappa shape index (κ1) is 16.2. The van der Waals surface area contributed by atoms with Crippen LogP contribution in [0.15, 0.2) is 47.1 Å². The summed E-state index contributed by atoms with van der Waals surface area (Å²) in [6.45, 7) is 16.3. The predicted molar refractivity (Wildman–Crippen MR) is 92.9 cm³/mol. The van der Waals surface area contributed by atoms with Crippen LogP contribution in [0.5, 0.6) is 0 Å².